The Labute approximate surface area is 120 Å². The van der Waals surface area contributed by atoms with Gasteiger partial charge in [-0.3, -0.25) is 4.79 Å². The highest BCUT2D eigenvalue weighted by molar-refractivity contribution is 5.91. The van der Waals surface area contributed by atoms with Crippen molar-refractivity contribution in [3.63, 3.8) is 0 Å². The average Bonchev–Trinajstić information content (AvgIpc) is 3.12. The SMILES string of the molecule is CCc1cc(C(=O)NCC(O)C2CCCC2)oc1CC. The van der Waals surface area contributed by atoms with E-state index < -0.39 is 6.10 Å². The number of furan rings is 1. The minimum Gasteiger partial charge on any atom is -0.456 e. The lowest BCUT2D eigenvalue weighted by molar-refractivity contribution is 0.0817. The summed E-state index contributed by atoms with van der Waals surface area (Å²) in [6, 6.07) is 1.82. The Morgan fingerprint density at radius 1 is 1.40 bits per heavy atom. The van der Waals surface area contributed by atoms with Crippen molar-refractivity contribution in [2.45, 2.75) is 58.5 Å². The van der Waals surface area contributed by atoms with Crippen LogP contribution >= 0.6 is 0 Å². The van der Waals surface area contributed by atoms with Gasteiger partial charge in [-0.05, 0) is 36.8 Å². The first-order valence-corrected chi connectivity index (χ1v) is 7.73. The summed E-state index contributed by atoms with van der Waals surface area (Å²) in [7, 11) is 0. The van der Waals surface area contributed by atoms with E-state index in [1.54, 1.807) is 0 Å². The molecule has 1 amide bonds. The Morgan fingerprint density at radius 2 is 2.10 bits per heavy atom. The number of carbonyl (C=O) groups is 1. The third-order valence-corrected chi connectivity index (χ3v) is 4.24. The molecule has 0 aromatic carbocycles. The van der Waals surface area contributed by atoms with Gasteiger partial charge >= 0.3 is 0 Å². The third-order valence-electron chi connectivity index (χ3n) is 4.24. The van der Waals surface area contributed by atoms with E-state index in [0.717, 1.165) is 37.0 Å². The standard InChI is InChI=1S/C16H25NO3/c1-3-11-9-15(20-14(11)4-2)16(19)17-10-13(18)12-7-5-6-8-12/h9,12-13,18H,3-8,10H2,1-2H3,(H,17,19). The van der Waals surface area contributed by atoms with Crippen molar-refractivity contribution < 1.29 is 14.3 Å². The summed E-state index contributed by atoms with van der Waals surface area (Å²) in [5.74, 6) is 1.35. The Morgan fingerprint density at radius 3 is 2.65 bits per heavy atom. The molecule has 20 heavy (non-hydrogen) atoms. The number of aliphatic hydroxyl groups is 1. The molecule has 0 radical (unpaired) electrons. The predicted octanol–water partition coefficient (Wildman–Crippen LogP) is 2.69. The van der Waals surface area contributed by atoms with Crippen LogP contribution in [0.5, 0.6) is 0 Å². The number of hydrogen-bond donors (Lipinski definition) is 2. The molecule has 112 valence electrons. The zero-order valence-corrected chi connectivity index (χ0v) is 12.4. The van der Waals surface area contributed by atoms with Crippen LogP contribution in [0.4, 0.5) is 0 Å². The van der Waals surface area contributed by atoms with E-state index >= 15 is 0 Å². The molecule has 1 aliphatic carbocycles. The molecule has 1 atom stereocenters. The summed E-state index contributed by atoms with van der Waals surface area (Å²) in [6.07, 6.45) is 5.73. The van der Waals surface area contributed by atoms with Crippen molar-refractivity contribution in [2.24, 2.45) is 5.92 Å². The fourth-order valence-corrected chi connectivity index (χ4v) is 2.97. The Balaban J connectivity index is 1.89. The molecule has 1 aliphatic rings. The summed E-state index contributed by atoms with van der Waals surface area (Å²) in [6.45, 7) is 4.38. The molecular weight excluding hydrogens is 254 g/mol. The molecule has 0 saturated heterocycles. The second-order valence-electron chi connectivity index (χ2n) is 5.59. The summed E-state index contributed by atoms with van der Waals surface area (Å²) >= 11 is 0. The Kier molecular flexibility index (Phi) is 5.24. The summed E-state index contributed by atoms with van der Waals surface area (Å²) in [4.78, 5) is 12.0. The number of amides is 1. The van der Waals surface area contributed by atoms with Crippen molar-refractivity contribution in [1.82, 2.24) is 5.32 Å². The van der Waals surface area contributed by atoms with Gasteiger partial charge in [-0.25, -0.2) is 0 Å². The third kappa shape index (κ3) is 3.42. The molecule has 1 aromatic rings. The number of aliphatic hydroxyl groups excluding tert-OH is 1. The van der Waals surface area contributed by atoms with Crippen LogP contribution < -0.4 is 5.32 Å². The van der Waals surface area contributed by atoms with Gasteiger partial charge in [-0.2, -0.15) is 0 Å². The van der Waals surface area contributed by atoms with Crippen LogP contribution in [0.3, 0.4) is 0 Å². The average molecular weight is 279 g/mol. The molecule has 2 N–H and O–H groups in total. The molecule has 0 bridgehead atoms. The summed E-state index contributed by atoms with van der Waals surface area (Å²) in [5.41, 5.74) is 1.09. The zero-order chi connectivity index (χ0) is 14.5. The molecule has 4 heteroatoms. The van der Waals surface area contributed by atoms with Crippen molar-refractivity contribution in [3.8, 4) is 0 Å². The molecule has 1 saturated carbocycles. The Bertz CT molecular complexity index is 425. The first-order chi connectivity index (χ1) is 9.65. The lowest BCUT2D eigenvalue weighted by Gasteiger charge is -2.17. The second-order valence-corrected chi connectivity index (χ2v) is 5.59. The first-order valence-electron chi connectivity index (χ1n) is 7.73. The highest BCUT2D eigenvalue weighted by Gasteiger charge is 2.24. The normalized spacial score (nSPS) is 17.4. The highest BCUT2D eigenvalue weighted by atomic mass is 16.4. The molecule has 1 heterocycles. The van der Waals surface area contributed by atoms with Crippen molar-refractivity contribution in [3.05, 3.63) is 23.2 Å². The zero-order valence-electron chi connectivity index (χ0n) is 12.4. The number of aryl methyl sites for hydroxylation is 2. The lowest BCUT2D eigenvalue weighted by Crippen LogP contribution is -2.35. The number of hydrogen-bond acceptors (Lipinski definition) is 3. The second kappa shape index (κ2) is 6.93. The van der Waals surface area contributed by atoms with E-state index in [1.807, 2.05) is 13.0 Å². The Hall–Kier alpha value is -1.29. The molecule has 1 unspecified atom stereocenters. The minimum absolute atomic E-state index is 0.226. The van der Waals surface area contributed by atoms with Crippen LogP contribution in [0, 0.1) is 5.92 Å². The van der Waals surface area contributed by atoms with Gasteiger partial charge in [0.15, 0.2) is 5.76 Å². The van der Waals surface area contributed by atoms with E-state index in [-0.39, 0.29) is 5.91 Å². The van der Waals surface area contributed by atoms with E-state index in [9.17, 15) is 9.90 Å². The smallest absolute Gasteiger partial charge is 0.287 e. The van der Waals surface area contributed by atoms with Crippen molar-refractivity contribution >= 4 is 5.91 Å². The van der Waals surface area contributed by atoms with Crippen LogP contribution in [0.2, 0.25) is 0 Å². The first kappa shape index (κ1) is 15.1. The van der Waals surface area contributed by atoms with E-state index in [4.69, 9.17) is 4.42 Å². The topological polar surface area (TPSA) is 62.5 Å². The van der Waals surface area contributed by atoms with E-state index in [1.165, 1.54) is 12.8 Å². The molecule has 1 fully saturated rings. The van der Waals surface area contributed by atoms with E-state index in [0.29, 0.717) is 18.2 Å². The van der Waals surface area contributed by atoms with Gasteiger partial charge < -0.3 is 14.8 Å². The van der Waals surface area contributed by atoms with Crippen molar-refractivity contribution in [1.29, 1.82) is 0 Å². The molecule has 0 spiro atoms. The van der Waals surface area contributed by atoms with Gasteiger partial charge in [0.05, 0.1) is 6.10 Å². The molecule has 0 aliphatic heterocycles. The van der Waals surface area contributed by atoms with Gasteiger partial charge in [-0.15, -0.1) is 0 Å². The fourth-order valence-electron chi connectivity index (χ4n) is 2.97. The van der Waals surface area contributed by atoms with Crippen LogP contribution in [0.25, 0.3) is 0 Å². The molecule has 4 nitrogen and oxygen atoms in total. The van der Waals surface area contributed by atoms with Gasteiger partial charge in [0.1, 0.15) is 5.76 Å². The minimum atomic E-state index is -0.437. The van der Waals surface area contributed by atoms with E-state index in [2.05, 4.69) is 12.2 Å². The summed E-state index contributed by atoms with van der Waals surface area (Å²) < 4.78 is 5.58. The number of carbonyl (C=O) groups excluding carboxylic acids is 1. The van der Waals surface area contributed by atoms with Crippen molar-refractivity contribution in [2.75, 3.05) is 6.54 Å². The maximum absolute atomic E-state index is 12.0. The monoisotopic (exact) mass is 279 g/mol. The predicted molar refractivity (Wildman–Crippen MR) is 77.8 cm³/mol. The van der Waals surface area contributed by atoms with Gasteiger partial charge in [-0.1, -0.05) is 26.7 Å². The maximum Gasteiger partial charge on any atom is 0.287 e. The molecule has 2 rings (SSSR count). The summed E-state index contributed by atoms with van der Waals surface area (Å²) in [5, 5.41) is 12.8. The van der Waals surface area contributed by atoms with Gasteiger partial charge in [0.25, 0.3) is 5.91 Å². The van der Waals surface area contributed by atoms with Crippen LogP contribution in [-0.4, -0.2) is 23.7 Å². The highest BCUT2D eigenvalue weighted by Crippen LogP contribution is 2.27. The fraction of sp³-hybridized carbons (Fsp3) is 0.688. The van der Waals surface area contributed by atoms with Gasteiger partial charge in [0, 0.05) is 13.0 Å². The maximum atomic E-state index is 12.0. The number of nitrogens with one attached hydrogen (secondary N) is 1. The molecule has 1 aromatic heterocycles. The van der Waals surface area contributed by atoms with Crippen LogP contribution in [0.1, 0.15) is 61.4 Å². The largest absolute Gasteiger partial charge is 0.456 e. The lowest BCUT2D eigenvalue weighted by atomic mass is 10.0. The number of rotatable bonds is 6. The quantitative estimate of drug-likeness (QED) is 0.841. The van der Waals surface area contributed by atoms with Crippen LogP contribution in [-0.2, 0) is 12.8 Å². The van der Waals surface area contributed by atoms with Crippen LogP contribution in [0.15, 0.2) is 10.5 Å². The molecular formula is C16H25NO3. The van der Waals surface area contributed by atoms with Gasteiger partial charge in [0.2, 0.25) is 0 Å².